The molecule has 0 aliphatic carbocycles. The average Bonchev–Trinajstić information content (AvgIpc) is 3.30. The molecule has 0 saturated carbocycles. The molecule has 0 unspecified atom stereocenters. The largest absolute Gasteiger partial charge is 0.370 e. The van der Waals surface area contributed by atoms with Gasteiger partial charge in [-0.05, 0) is 85.8 Å². The van der Waals surface area contributed by atoms with E-state index in [-0.39, 0.29) is 17.8 Å². The summed E-state index contributed by atoms with van der Waals surface area (Å²) in [7, 11) is 0. The van der Waals surface area contributed by atoms with Gasteiger partial charge < -0.3 is 10.2 Å². The molecule has 1 atom stereocenters. The van der Waals surface area contributed by atoms with Crippen LogP contribution < -0.4 is 10.2 Å². The monoisotopic (exact) mass is 505 g/mol. The standard InChI is InChI=1S/C31H28FN5O/c1-20-27-11-7-22(23-15-26(19-33-17-23)37-13-3-2-4-14-37)16-28(27)30(35-20)31(38)36-25-10-12-29(34-18-25)21-5-8-24(32)9-6-21/h5-12,15-20H,2-4,13-14H2,1H3,(H,36,38)/t20-/m0/s1. The van der Waals surface area contributed by atoms with E-state index in [9.17, 15) is 9.18 Å². The Morgan fingerprint density at radius 3 is 2.45 bits per heavy atom. The molecule has 1 fully saturated rings. The molecule has 2 aliphatic heterocycles. The molecule has 4 aromatic rings. The van der Waals surface area contributed by atoms with Gasteiger partial charge >= 0.3 is 0 Å². The first kappa shape index (κ1) is 24.0. The zero-order chi connectivity index (χ0) is 26.1. The summed E-state index contributed by atoms with van der Waals surface area (Å²) in [5.41, 5.74) is 7.53. The highest BCUT2D eigenvalue weighted by Gasteiger charge is 2.27. The Hall–Kier alpha value is -4.39. The van der Waals surface area contributed by atoms with Crippen LogP contribution in [0, 0.1) is 5.82 Å². The van der Waals surface area contributed by atoms with Crippen LogP contribution in [0.1, 0.15) is 43.4 Å². The highest BCUT2D eigenvalue weighted by Crippen LogP contribution is 2.34. The van der Waals surface area contributed by atoms with E-state index in [1.807, 2.05) is 25.4 Å². The molecule has 2 aliphatic rings. The van der Waals surface area contributed by atoms with Gasteiger partial charge in [-0.1, -0.05) is 12.1 Å². The van der Waals surface area contributed by atoms with Gasteiger partial charge in [-0.2, -0.15) is 0 Å². The molecular weight excluding hydrogens is 477 g/mol. The third-order valence-corrected chi connectivity index (χ3v) is 7.24. The smallest absolute Gasteiger partial charge is 0.274 e. The number of rotatable bonds is 5. The molecule has 38 heavy (non-hydrogen) atoms. The van der Waals surface area contributed by atoms with Gasteiger partial charge in [0.05, 0.1) is 35.5 Å². The van der Waals surface area contributed by atoms with Crippen molar-refractivity contribution in [2.75, 3.05) is 23.3 Å². The third kappa shape index (κ3) is 4.79. The lowest BCUT2D eigenvalue weighted by atomic mass is 9.96. The molecule has 6 rings (SSSR count). The normalized spacial score (nSPS) is 16.6. The molecule has 0 bridgehead atoms. The van der Waals surface area contributed by atoms with Crippen molar-refractivity contribution in [2.45, 2.75) is 32.2 Å². The van der Waals surface area contributed by atoms with Gasteiger partial charge in [0.25, 0.3) is 5.91 Å². The zero-order valence-electron chi connectivity index (χ0n) is 21.2. The highest BCUT2D eigenvalue weighted by molar-refractivity contribution is 6.50. The lowest BCUT2D eigenvalue weighted by Gasteiger charge is -2.28. The molecule has 6 nitrogen and oxygen atoms in total. The molecule has 0 spiro atoms. The number of carbonyl (C=O) groups is 1. The van der Waals surface area contributed by atoms with E-state index in [1.165, 1.54) is 31.4 Å². The van der Waals surface area contributed by atoms with Crippen LogP contribution in [0.25, 0.3) is 22.4 Å². The summed E-state index contributed by atoms with van der Waals surface area (Å²) in [5.74, 6) is -0.567. The van der Waals surface area contributed by atoms with E-state index in [2.05, 4.69) is 43.4 Å². The van der Waals surface area contributed by atoms with Crippen molar-refractivity contribution in [2.24, 2.45) is 4.99 Å². The minimum atomic E-state index is -0.293. The van der Waals surface area contributed by atoms with E-state index in [0.717, 1.165) is 46.6 Å². The van der Waals surface area contributed by atoms with Gasteiger partial charge in [-0.3, -0.25) is 19.8 Å². The predicted molar refractivity (Wildman–Crippen MR) is 149 cm³/mol. The van der Waals surface area contributed by atoms with Crippen molar-refractivity contribution < 1.29 is 9.18 Å². The summed E-state index contributed by atoms with van der Waals surface area (Å²) in [6, 6.07) is 18.0. The molecule has 1 amide bonds. The third-order valence-electron chi connectivity index (χ3n) is 7.24. The summed E-state index contributed by atoms with van der Waals surface area (Å²) in [6.45, 7) is 4.11. The van der Waals surface area contributed by atoms with Crippen LogP contribution in [0.4, 0.5) is 15.8 Å². The van der Waals surface area contributed by atoms with Crippen LogP contribution in [0.15, 0.2) is 84.2 Å². The molecular formula is C31H28FN5O. The second-order valence-corrected chi connectivity index (χ2v) is 9.83. The Labute approximate surface area is 221 Å². The van der Waals surface area contributed by atoms with E-state index in [4.69, 9.17) is 0 Å². The first-order chi connectivity index (χ1) is 18.5. The molecule has 1 saturated heterocycles. The number of pyridine rings is 2. The molecule has 4 heterocycles. The van der Waals surface area contributed by atoms with Crippen molar-refractivity contribution >= 4 is 23.0 Å². The molecule has 7 heteroatoms. The van der Waals surface area contributed by atoms with E-state index >= 15 is 0 Å². The van der Waals surface area contributed by atoms with E-state index < -0.39 is 0 Å². The second kappa shape index (κ2) is 10.2. The Balaban J connectivity index is 1.22. The van der Waals surface area contributed by atoms with Crippen LogP contribution in [0.3, 0.4) is 0 Å². The van der Waals surface area contributed by atoms with Crippen molar-refractivity contribution in [1.29, 1.82) is 0 Å². The Bertz CT molecular complexity index is 1510. The number of piperidine rings is 1. The van der Waals surface area contributed by atoms with Crippen LogP contribution in [-0.2, 0) is 4.79 Å². The molecule has 0 radical (unpaired) electrons. The van der Waals surface area contributed by atoms with Gasteiger partial charge in [-0.15, -0.1) is 0 Å². The highest BCUT2D eigenvalue weighted by atomic mass is 19.1. The fraction of sp³-hybridized carbons (Fsp3) is 0.226. The number of carbonyl (C=O) groups excluding carboxylic acids is 1. The van der Waals surface area contributed by atoms with E-state index in [0.29, 0.717) is 17.1 Å². The van der Waals surface area contributed by atoms with Crippen molar-refractivity contribution in [1.82, 2.24) is 9.97 Å². The first-order valence-electron chi connectivity index (χ1n) is 13.0. The maximum Gasteiger partial charge on any atom is 0.274 e. The zero-order valence-corrected chi connectivity index (χ0v) is 21.2. The fourth-order valence-corrected chi connectivity index (χ4v) is 5.18. The number of hydrogen-bond acceptors (Lipinski definition) is 5. The van der Waals surface area contributed by atoms with E-state index in [1.54, 1.807) is 30.5 Å². The summed E-state index contributed by atoms with van der Waals surface area (Å²) < 4.78 is 13.2. The second-order valence-electron chi connectivity index (χ2n) is 9.83. The minimum absolute atomic E-state index is 0.100. The minimum Gasteiger partial charge on any atom is -0.370 e. The number of benzene rings is 2. The Kier molecular flexibility index (Phi) is 6.42. The number of amides is 1. The number of halogens is 1. The van der Waals surface area contributed by atoms with Gasteiger partial charge in [0.15, 0.2) is 0 Å². The van der Waals surface area contributed by atoms with Crippen LogP contribution >= 0.6 is 0 Å². The number of aromatic nitrogens is 2. The van der Waals surface area contributed by atoms with Gasteiger partial charge in [-0.25, -0.2) is 4.39 Å². The van der Waals surface area contributed by atoms with Crippen LogP contribution in [0.5, 0.6) is 0 Å². The summed E-state index contributed by atoms with van der Waals surface area (Å²) in [6.07, 6.45) is 9.11. The fourth-order valence-electron chi connectivity index (χ4n) is 5.18. The maximum atomic E-state index is 13.3. The number of aliphatic imine (C=N–C) groups is 1. The number of nitrogens with zero attached hydrogens (tertiary/aromatic N) is 4. The summed E-state index contributed by atoms with van der Waals surface area (Å²) in [4.78, 5) is 29.3. The number of hydrogen-bond donors (Lipinski definition) is 1. The quantitative estimate of drug-likeness (QED) is 0.339. The van der Waals surface area contributed by atoms with Gasteiger partial charge in [0.2, 0.25) is 0 Å². The molecule has 2 aromatic heterocycles. The molecule has 190 valence electrons. The van der Waals surface area contributed by atoms with Crippen LogP contribution in [-0.4, -0.2) is 34.7 Å². The van der Waals surface area contributed by atoms with Crippen molar-refractivity contribution in [3.63, 3.8) is 0 Å². The summed E-state index contributed by atoms with van der Waals surface area (Å²) in [5, 5.41) is 2.93. The van der Waals surface area contributed by atoms with Gasteiger partial charge in [0.1, 0.15) is 11.5 Å². The Morgan fingerprint density at radius 2 is 1.68 bits per heavy atom. The number of anilines is 2. The van der Waals surface area contributed by atoms with Crippen molar-refractivity contribution in [3.8, 4) is 22.4 Å². The molecule has 1 N–H and O–H groups in total. The Morgan fingerprint density at radius 1 is 0.895 bits per heavy atom. The predicted octanol–water partition coefficient (Wildman–Crippen LogP) is 6.44. The lowest BCUT2D eigenvalue weighted by Crippen LogP contribution is -2.29. The maximum absolute atomic E-state index is 13.3. The first-order valence-corrected chi connectivity index (χ1v) is 13.0. The summed E-state index contributed by atoms with van der Waals surface area (Å²) >= 11 is 0. The molecule has 2 aromatic carbocycles. The number of nitrogens with one attached hydrogen (secondary N) is 1. The van der Waals surface area contributed by atoms with Crippen molar-refractivity contribution in [3.05, 3.63) is 96.2 Å². The topological polar surface area (TPSA) is 70.5 Å². The van der Waals surface area contributed by atoms with Crippen LogP contribution in [0.2, 0.25) is 0 Å². The number of fused-ring (bicyclic) bond motifs is 1. The lowest BCUT2D eigenvalue weighted by molar-refractivity contribution is -0.110. The average molecular weight is 506 g/mol. The van der Waals surface area contributed by atoms with Gasteiger partial charge in [0, 0.05) is 36.0 Å². The SMILES string of the molecule is C[C@@H]1N=C(C(=O)Nc2ccc(-c3ccc(F)cc3)nc2)c2cc(-c3cncc(N4CCCCC4)c3)ccc21.